The molecule has 1 aromatic heterocycles. The summed E-state index contributed by atoms with van der Waals surface area (Å²) < 4.78 is 62.1. The van der Waals surface area contributed by atoms with E-state index in [9.17, 15) is 31.2 Å². The average molecular weight is 441 g/mol. The SMILES string of the molecule is CC(NC(=O)c1cccnc1S(=O)(=O)C(F)(F)F)c1ccc(NC(=O)C2CC2)cc1. The van der Waals surface area contributed by atoms with Gasteiger partial charge in [0, 0.05) is 17.8 Å². The first-order valence-corrected chi connectivity index (χ1v) is 10.5. The van der Waals surface area contributed by atoms with E-state index in [0.29, 0.717) is 11.3 Å². The molecule has 2 N–H and O–H groups in total. The molecule has 0 radical (unpaired) electrons. The number of hydrogen-bond donors (Lipinski definition) is 2. The van der Waals surface area contributed by atoms with E-state index >= 15 is 0 Å². The summed E-state index contributed by atoms with van der Waals surface area (Å²) in [6.07, 6.45) is 2.61. The predicted molar refractivity (Wildman–Crippen MR) is 101 cm³/mol. The fraction of sp³-hybridized carbons (Fsp3) is 0.316. The van der Waals surface area contributed by atoms with Crippen molar-refractivity contribution in [3.63, 3.8) is 0 Å². The molecule has 1 unspecified atom stereocenters. The number of halogens is 3. The number of alkyl halides is 3. The minimum Gasteiger partial charge on any atom is -0.345 e. The maximum absolute atomic E-state index is 12.9. The average Bonchev–Trinajstić information content (AvgIpc) is 3.53. The second-order valence-electron chi connectivity index (χ2n) is 6.89. The smallest absolute Gasteiger partial charge is 0.345 e. The summed E-state index contributed by atoms with van der Waals surface area (Å²) in [5.41, 5.74) is -5.09. The van der Waals surface area contributed by atoms with Crippen LogP contribution in [0.15, 0.2) is 47.6 Å². The van der Waals surface area contributed by atoms with Crippen LogP contribution in [-0.4, -0.2) is 30.7 Å². The van der Waals surface area contributed by atoms with E-state index < -0.39 is 37.9 Å². The van der Waals surface area contributed by atoms with E-state index in [0.717, 1.165) is 25.1 Å². The van der Waals surface area contributed by atoms with Gasteiger partial charge < -0.3 is 10.6 Å². The second kappa shape index (κ2) is 8.05. The third-order valence-electron chi connectivity index (χ3n) is 4.55. The summed E-state index contributed by atoms with van der Waals surface area (Å²) in [5, 5.41) is 3.89. The van der Waals surface area contributed by atoms with Crippen molar-refractivity contribution in [1.82, 2.24) is 10.3 Å². The van der Waals surface area contributed by atoms with E-state index in [1.165, 1.54) is 6.07 Å². The molecule has 1 aliphatic rings. The number of sulfone groups is 1. The van der Waals surface area contributed by atoms with E-state index in [1.54, 1.807) is 31.2 Å². The normalized spacial score (nSPS) is 15.3. The summed E-state index contributed by atoms with van der Waals surface area (Å²) in [4.78, 5) is 27.5. The number of carbonyl (C=O) groups is 2. The Morgan fingerprint density at radius 3 is 2.33 bits per heavy atom. The lowest BCUT2D eigenvalue weighted by Gasteiger charge is -2.17. The van der Waals surface area contributed by atoms with Gasteiger partial charge in [0.2, 0.25) is 5.91 Å². The van der Waals surface area contributed by atoms with Gasteiger partial charge in [-0.2, -0.15) is 13.2 Å². The molecule has 1 aliphatic carbocycles. The number of aromatic nitrogens is 1. The van der Waals surface area contributed by atoms with Gasteiger partial charge in [-0.25, -0.2) is 13.4 Å². The van der Waals surface area contributed by atoms with Crippen LogP contribution >= 0.6 is 0 Å². The van der Waals surface area contributed by atoms with Gasteiger partial charge in [0.1, 0.15) is 0 Å². The number of benzene rings is 1. The largest absolute Gasteiger partial charge is 0.503 e. The van der Waals surface area contributed by atoms with Crippen molar-refractivity contribution in [2.75, 3.05) is 5.32 Å². The van der Waals surface area contributed by atoms with Crippen LogP contribution in [0.25, 0.3) is 0 Å². The first kappa shape index (κ1) is 21.8. The molecule has 1 fully saturated rings. The maximum atomic E-state index is 12.9. The molecule has 1 atom stereocenters. The molecule has 2 aromatic rings. The lowest BCUT2D eigenvalue weighted by atomic mass is 10.1. The Balaban J connectivity index is 1.74. The molecule has 11 heteroatoms. The van der Waals surface area contributed by atoms with Crippen LogP contribution in [0.4, 0.5) is 18.9 Å². The lowest BCUT2D eigenvalue weighted by Crippen LogP contribution is -2.31. The Labute approximate surface area is 170 Å². The summed E-state index contributed by atoms with van der Waals surface area (Å²) in [6.45, 7) is 1.59. The highest BCUT2D eigenvalue weighted by atomic mass is 32.2. The number of nitrogens with zero attached hydrogens (tertiary/aromatic N) is 1. The van der Waals surface area contributed by atoms with Gasteiger partial charge in [-0.05, 0) is 49.6 Å². The summed E-state index contributed by atoms with van der Waals surface area (Å²) >= 11 is 0. The summed E-state index contributed by atoms with van der Waals surface area (Å²) in [7, 11) is -5.78. The molecule has 0 spiro atoms. The topological polar surface area (TPSA) is 105 Å². The molecule has 2 amide bonds. The van der Waals surface area contributed by atoms with Gasteiger partial charge in [0.15, 0.2) is 5.03 Å². The fourth-order valence-electron chi connectivity index (χ4n) is 2.69. The highest BCUT2D eigenvalue weighted by Crippen LogP contribution is 2.31. The van der Waals surface area contributed by atoms with Gasteiger partial charge in [-0.15, -0.1) is 0 Å². The van der Waals surface area contributed by atoms with E-state index in [1.807, 2.05) is 0 Å². The second-order valence-corrected chi connectivity index (χ2v) is 8.74. The van der Waals surface area contributed by atoms with Crippen LogP contribution in [0.2, 0.25) is 0 Å². The zero-order valence-corrected chi connectivity index (χ0v) is 16.5. The highest BCUT2D eigenvalue weighted by Gasteiger charge is 2.49. The monoisotopic (exact) mass is 441 g/mol. The molecule has 0 bridgehead atoms. The molecular formula is C19H18F3N3O4S. The van der Waals surface area contributed by atoms with Gasteiger partial charge in [0.25, 0.3) is 15.7 Å². The Kier molecular flexibility index (Phi) is 5.84. The van der Waals surface area contributed by atoms with Crippen LogP contribution in [0.5, 0.6) is 0 Å². The van der Waals surface area contributed by atoms with Gasteiger partial charge in [0.05, 0.1) is 11.6 Å². The van der Waals surface area contributed by atoms with Crippen molar-refractivity contribution in [2.24, 2.45) is 5.92 Å². The molecule has 160 valence electrons. The minimum atomic E-state index is -5.78. The van der Waals surface area contributed by atoms with Crippen molar-refractivity contribution >= 4 is 27.3 Å². The Bertz CT molecular complexity index is 1070. The summed E-state index contributed by atoms with van der Waals surface area (Å²) in [6, 6.07) is 8.06. The van der Waals surface area contributed by atoms with Crippen LogP contribution in [0, 0.1) is 5.92 Å². The quantitative estimate of drug-likeness (QED) is 0.716. The number of amides is 2. The molecule has 0 saturated heterocycles. The molecular weight excluding hydrogens is 423 g/mol. The molecule has 1 saturated carbocycles. The van der Waals surface area contributed by atoms with Crippen molar-refractivity contribution in [1.29, 1.82) is 0 Å². The van der Waals surface area contributed by atoms with Crippen molar-refractivity contribution in [2.45, 2.75) is 36.3 Å². The number of carbonyl (C=O) groups excluding carboxylic acids is 2. The zero-order valence-electron chi connectivity index (χ0n) is 15.7. The highest BCUT2D eigenvalue weighted by molar-refractivity contribution is 7.92. The Morgan fingerprint density at radius 1 is 1.13 bits per heavy atom. The molecule has 30 heavy (non-hydrogen) atoms. The van der Waals surface area contributed by atoms with Crippen LogP contribution in [0.3, 0.4) is 0 Å². The van der Waals surface area contributed by atoms with E-state index in [4.69, 9.17) is 0 Å². The number of rotatable bonds is 6. The third-order valence-corrected chi connectivity index (χ3v) is 5.99. The minimum absolute atomic E-state index is 0.0459. The fourth-order valence-corrected chi connectivity index (χ4v) is 3.56. The first-order chi connectivity index (χ1) is 14.0. The number of hydrogen-bond acceptors (Lipinski definition) is 5. The Morgan fingerprint density at radius 2 is 1.77 bits per heavy atom. The van der Waals surface area contributed by atoms with Crippen molar-refractivity contribution in [3.8, 4) is 0 Å². The number of anilines is 1. The van der Waals surface area contributed by atoms with Crippen LogP contribution in [-0.2, 0) is 14.6 Å². The molecule has 3 rings (SSSR count). The number of pyridine rings is 1. The molecule has 1 aromatic carbocycles. The number of nitrogens with one attached hydrogen (secondary N) is 2. The molecule has 1 heterocycles. The van der Waals surface area contributed by atoms with E-state index in [2.05, 4.69) is 15.6 Å². The van der Waals surface area contributed by atoms with Gasteiger partial charge in [-0.3, -0.25) is 9.59 Å². The van der Waals surface area contributed by atoms with Gasteiger partial charge >= 0.3 is 5.51 Å². The standard InChI is InChI=1S/C19H18F3N3O4S/c1-11(12-6-8-14(9-7-12)25-16(26)13-4-5-13)24-17(27)15-3-2-10-23-18(15)30(28,29)19(20,21)22/h2-3,6-11,13H,4-5H2,1H3,(H,24,27)(H,25,26). The van der Waals surface area contributed by atoms with Crippen molar-refractivity contribution < 1.29 is 31.2 Å². The van der Waals surface area contributed by atoms with Crippen molar-refractivity contribution in [3.05, 3.63) is 53.7 Å². The molecule has 0 aliphatic heterocycles. The Hall–Kier alpha value is -2.95. The maximum Gasteiger partial charge on any atom is 0.503 e. The van der Waals surface area contributed by atoms with Gasteiger partial charge in [-0.1, -0.05) is 12.1 Å². The first-order valence-electron chi connectivity index (χ1n) is 8.99. The lowest BCUT2D eigenvalue weighted by molar-refractivity contribution is -0.117. The predicted octanol–water partition coefficient (Wildman–Crippen LogP) is 3.21. The third kappa shape index (κ3) is 4.61. The van der Waals surface area contributed by atoms with Crippen LogP contribution in [0.1, 0.15) is 41.7 Å². The molecule has 7 nitrogen and oxygen atoms in total. The van der Waals surface area contributed by atoms with Crippen LogP contribution < -0.4 is 10.6 Å². The summed E-state index contributed by atoms with van der Waals surface area (Å²) in [5.74, 6) is -1.02. The zero-order chi connectivity index (χ0) is 22.1. The van der Waals surface area contributed by atoms with E-state index in [-0.39, 0.29) is 11.8 Å².